The van der Waals surface area contributed by atoms with Gasteiger partial charge in [-0.15, -0.1) is 0 Å². The van der Waals surface area contributed by atoms with E-state index in [0.29, 0.717) is 6.07 Å². The molecule has 0 spiro atoms. The largest absolute Gasteiger partial charge is 0.455 e. The zero-order chi connectivity index (χ0) is 23.2. The quantitative estimate of drug-likeness (QED) is 0.241. The highest BCUT2D eigenvalue weighted by Gasteiger charge is 2.41. The smallest absolute Gasteiger partial charge is 0.258 e. The summed E-state index contributed by atoms with van der Waals surface area (Å²) in [6, 6.07) is 12.1. The molecule has 0 radical (unpaired) electrons. The molecule has 10 nitrogen and oxygen atoms in total. The first kappa shape index (κ1) is 22.5. The number of alkyl halides is 3. The Morgan fingerprint density at radius 3 is 2.10 bits per heavy atom. The Kier molecular flexibility index (Phi) is 6.64. The highest BCUT2D eigenvalue weighted by Crippen LogP contribution is 2.26. The summed E-state index contributed by atoms with van der Waals surface area (Å²) < 4.78 is 40.5. The number of para-hydroxylation sites is 1. The van der Waals surface area contributed by atoms with Gasteiger partial charge in [0.05, 0.1) is 15.9 Å². The SMILES string of the molecule is N#CC(C#N)=C([NH+]=C(Nc1ccccc1)c1ccc([N+](=O)[O-])cc1[N+](=O)[O-])C(F)(F)F. The van der Waals surface area contributed by atoms with Crippen molar-refractivity contribution in [1.82, 2.24) is 0 Å². The van der Waals surface area contributed by atoms with Crippen LogP contribution in [0.15, 0.2) is 59.8 Å². The summed E-state index contributed by atoms with van der Waals surface area (Å²) in [5, 5.41) is 42.7. The maximum Gasteiger partial charge on any atom is 0.455 e. The molecule has 0 aliphatic carbocycles. The summed E-state index contributed by atoms with van der Waals surface area (Å²) in [6.45, 7) is 0. The average Bonchev–Trinajstić information content (AvgIpc) is 2.72. The predicted octanol–water partition coefficient (Wildman–Crippen LogP) is 2.31. The normalized spacial score (nSPS) is 11.1. The molecular weight excluding hydrogens is 421 g/mol. The van der Waals surface area contributed by atoms with E-state index in [2.05, 4.69) is 5.32 Å². The number of non-ortho nitro benzene ring substituents is 1. The monoisotopic (exact) mass is 431 g/mol. The standard InChI is InChI=1S/C18H9F3N6O4/c19-18(20,21)16(11(9-22)10-23)25-17(24-12-4-2-1-3-5-12)14-7-6-13(26(28)29)8-15(14)27(30)31/h1-8H,(H,24,25)/p+1. The minimum absolute atomic E-state index is 0.203. The summed E-state index contributed by atoms with van der Waals surface area (Å²) in [5.74, 6) is -0.622. The van der Waals surface area contributed by atoms with E-state index in [9.17, 15) is 33.4 Å². The maximum absolute atomic E-state index is 13.5. The van der Waals surface area contributed by atoms with E-state index >= 15 is 0 Å². The van der Waals surface area contributed by atoms with Crippen LogP contribution >= 0.6 is 0 Å². The van der Waals surface area contributed by atoms with Crippen LogP contribution < -0.4 is 10.3 Å². The number of halogens is 3. The van der Waals surface area contributed by atoms with Crippen LogP contribution in [0.1, 0.15) is 5.56 Å². The molecule has 13 heteroatoms. The number of amidine groups is 1. The fourth-order valence-electron chi connectivity index (χ4n) is 2.36. The van der Waals surface area contributed by atoms with E-state index in [4.69, 9.17) is 10.5 Å². The van der Waals surface area contributed by atoms with Crippen molar-refractivity contribution in [3.8, 4) is 12.1 Å². The Morgan fingerprint density at radius 1 is 1.00 bits per heavy atom. The molecule has 2 aromatic rings. The molecule has 0 heterocycles. The number of allylic oxidation sites excluding steroid dienone is 2. The van der Waals surface area contributed by atoms with Crippen molar-refractivity contribution in [2.75, 3.05) is 5.32 Å². The number of rotatable bonds is 5. The predicted molar refractivity (Wildman–Crippen MR) is 99.2 cm³/mol. The summed E-state index contributed by atoms with van der Waals surface area (Å²) in [4.78, 5) is 22.3. The van der Waals surface area contributed by atoms with Crippen molar-refractivity contribution in [3.63, 3.8) is 0 Å². The van der Waals surface area contributed by atoms with Gasteiger partial charge in [0.1, 0.15) is 23.4 Å². The molecule has 156 valence electrons. The molecule has 0 unspecified atom stereocenters. The van der Waals surface area contributed by atoms with Gasteiger partial charge in [0.25, 0.3) is 17.2 Å². The molecule has 0 saturated heterocycles. The first-order valence-electron chi connectivity index (χ1n) is 8.09. The van der Waals surface area contributed by atoms with Crippen LogP contribution in [-0.4, -0.2) is 21.9 Å². The highest BCUT2D eigenvalue weighted by molar-refractivity contribution is 6.07. The molecule has 0 aliphatic heterocycles. The van der Waals surface area contributed by atoms with Gasteiger partial charge >= 0.3 is 6.18 Å². The van der Waals surface area contributed by atoms with E-state index in [1.54, 1.807) is 6.07 Å². The minimum Gasteiger partial charge on any atom is -0.258 e. The Labute approximate surface area is 171 Å². The van der Waals surface area contributed by atoms with Crippen LogP contribution in [-0.2, 0) is 0 Å². The lowest BCUT2D eigenvalue weighted by Gasteiger charge is -2.09. The molecule has 0 bridgehead atoms. The van der Waals surface area contributed by atoms with Gasteiger partial charge in [0, 0.05) is 6.07 Å². The summed E-state index contributed by atoms with van der Waals surface area (Å²) in [7, 11) is 0. The average molecular weight is 431 g/mol. The fraction of sp³-hybridized carbons (Fsp3) is 0.0556. The van der Waals surface area contributed by atoms with Crippen molar-refractivity contribution in [2.24, 2.45) is 0 Å². The number of nitrogens with one attached hydrogen (secondary N) is 2. The number of nitro benzene ring substituents is 2. The zero-order valence-corrected chi connectivity index (χ0v) is 15.2. The molecule has 31 heavy (non-hydrogen) atoms. The number of hydrogen-bond donors (Lipinski definition) is 2. The third-order valence-corrected chi connectivity index (χ3v) is 3.71. The van der Waals surface area contributed by atoms with Crippen molar-refractivity contribution in [2.45, 2.75) is 6.18 Å². The zero-order valence-electron chi connectivity index (χ0n) is 15.2. The molecule has 0 aliphatic rings. The van der Waals surface area contributed by atoms with Crippen LogP contribution in [0.3, 0.4) is 0 Å². The lowest BCUT2D eigenvalue weighted by Crippen LogP contribution is -2.76. The maximum atomic E-state index is 13.5. The van der Waals surface area contributed by atoms with Gasteiger partial charge in [-0.3, -0.25) is 20.2 Å². The molecule has 2 N–H and O–H groups in total. The third-order valence-electron chi connectivity index (χ3n) is 3.71. The molecule has 0 aromatic heterocycles. The van der Waals surface area contributed by atoms with E-state index < -0.39 is 50.1 Å². The van der Waals surface area contributed by atoms with Crippen molar-refractivity contribution >= 4 is 22.9 Å². The van der Waals surface area contributed by atoms with E-state index in [0.717, 1.165) is 24.3 Å². The number of nitrogens with zero attached hydrogens (tertiary/aromatic N) is 4. The van der Waals surface area contributed by atoms with Gasteiger partial charge in [-0.2, -0.15) is 23.7 Å². The molecule has 2 aromatic carbocycles. The molecule has 0 amide bonds. The second-order valence-electron chi connectivity index (χ2n) is 5.68. The molecule has 0 atom stereocenters. The fourth-order valence-corrected chi connectivity index (χ4v) is 2.36. The Hall–Kier alpha value is -4.78. The lowest BCUT2D eigenvalue weighted by molar-refractivity contribution is -0.438. The highest BCUT2D eigenvalue weighted by atomic mass is 19.4. The van der Waals surface area contributed by atoms with Crippen LogP contribution in [0.4, 0.5) is 30.2 Å². The van der Waals surface area contributed by atoms with E-state index in [-0.39, 0.29) is 5.69 Å². The van der Waals surface area contributed by atoms with Gasteiger partial charge in [-0.1, -0.05) is 18.2 Å². The van der Waals surface area contributed by atoms with Crippen LogP contribution in [0.25, 0.3) is 0 Å². The lowest BCUT2D eigenvalue weighted by atomic mass is 10.1. The number of benzene rings is 2. The third kappa shape index (κ3) is 5.39. The number of nitro groups is 2. The Morgan fingerprint density at radius 2 is 1.61 bits per heavy atom. The van der Waals surface area contributed by atoms with Gasteiger partial charge < -0.3 is 0 Å². The van der Waals surface area contributed by atoms with Gasteiger partial charge in [-0.05, 0) is 18.2 Å². The molecule has 0 fully saturated rings. The van der Waals surface area contributed by atoms with Gasteiger partial charge in [0.2, 0.25) is 5.70 Å². The van der Waals surface area contributed by atoms with Crippen LogP contribution in [0, 0.1) is 42.9 Å². The van der Waals surface area contributed by atoms with Crippen LogP contribution in [0.2, 0.25) is 0 Å². The molecule has 0 saturated carbocycles. The summed E-state index contributed by atoms with van der Waals surface area (Å²) in [6.07, 6.45) is -5.19. The molecule has 2 rings (SSSR count). The first-order chi connectivity index (χ1) is 14.6. The summed E-state index contributed by atoms with van der Waals surface area (Å²) in [5.41, 5.74) is -4.88. The van der Waals surface area contributed by atoms with E-state index in [1.165, 1.54) is 24.3 Å². The number of hydrogen-bond acceptors (Lipinski definition) is 6. The topological polar surface area (TPSA) is 160 Å². The number of anilines is 1. The first-order valence-corrected chi connectivity index (χ1v) is 8.09. The van der Waals surface area contributed by atoms with Gasteiger partial charge in [0.15, 0.2) is 5.57 Å². The van der Waals surface area contributed by atoms with Gasteiger partial charge in [-0.25, -0.2) is 10.3 Å². The Bertz CT molecular complexity index is 1160. The van der Waals surface area contributed by atoms with Crippen molar-refractivity contribution in [1.29, 1.82) is 10.5 Å². The molecular formula is C18H10F3N6O4+. The minimum atomic E-state index is -5.19. The second kappa shape index (κ2) is 9.15. The van der Waals surface area contributed by atoms with E-state index in [1.807, 2.05) is 4.99 Å². The van der Waals surface area contributed by atoms with Crippen molar-refractivity contribution in [3.05, 3.63) is 85.6 Å². The number of nitriles is 2. The van der Waals surface area contributed by atoms with Crippen molar-refractivity contribution < 1.29 is 28.0 Å². The van der Waals surface area contributed by atoms with Crippen LogP contribution in [0.5, 0.6) is 0 Å². The second-order valence-corrected chi connectivity index (χ2v) is 5.68. The summed E-state index contributed by atoms with van der Waals surface area (Å²) >= 11 is 0. The Balaban J connectivity index is 2.85.